The highest BCUT2D eigenvalue weighted by molar-refractivity contribution is 6.13. The lowest BCUT2D eigenvalue weighted by Gasteiger charge is -2.19. The third-order valence-corrected chi connectivity index (χ3v) is 4.20. The Labute approximate surface area is 148 Å². The lowest BCUT2D eigenvalue weighted by molar-refractivity contribution is 0.103. The maximum atomic E-state index is 12.9. The second-order valence-electron chi connectivity index (χ2n) is 5.81. The first-order chi connectivity index (χ1) is 12.1. The topological polar surface area (TPSA) is 77.2 Å². The van der Waals surface area contributed by atoms with E-state index in [4.69, 9.17) is 0 Å². The Morgan fingerprint density at radius 3 is 2.52 bits per heavy atom. The number of hydrogen-bond donors (Lipinski definition) is 1. The molecule has 0 unspecified atom stereocenters. The number of anilines is 1. The highest BCUT2D eigenvalue weighted by atomic mass is 16.3. The van der Waals surface area contributed by atoms with Gasteiger partial charge in [0.15, 0.2) is 5.78 Å². The highest BCUT2D eigenvalue weighted by Gasteiger charge is 2.31. The fourth-order valence-electron chi connectivity index (χ4n) is 2.87. The molecule has 2 heterocycles. The van der Waals surface area contributed by atoms with E-state index in [2.05, 4.69) is 11.1 Å². The molecule has 1 fully saturated rings. The SMILES string of the molecule is CC.C[C@H]1CN(c2ncccc2C(=O)c2ccccc2C#N)C[C@H]1O. The zero-order valence-corrected chi connectivity index (χ0v) is 14.8. The molecule has 1 aromatic carbocycles. The molecule has 2 aromatic rings. The van der Waals surface area contributed by atoms with Gasteiger partial charge < -0.3 is 10.0 Å². The van der Waals surface area contributed by atoms with Crippen LogP contribution in [-0.4, -0.2) is 35.1 Å². The molecule has 130 valence electrons. The highest BCUT2D eigenvalue weighted by Crippen LogP contribution is 2.27. The van der Waals surface area contributed by atoms with Crippen LogP contribution in [0.4, 0.5) is 5.82 Å². The number of carbonyl (C=O) groups excluding carboxylic acids is 1. The van der Waals surface area contributed by atoms with Crippen molar-refractivity contribution in [1.29, 1.82) is 5.26 Å². The number of carbonyl (C=O) groups is 1. The molecule has 0 radical (unpaired) electrons. The van der Waals surface area contributed by atoms with Crippen molar-refractivity contribution in [2.24, 2.45) is 5.92 Å². The first-order valence-electron chi connectivity index (χ1n) is 8.53. The molecule has 1 aliphatic heterocycles. The molecule has 2 atom stereocenters. The number of benzene rings is 1. The summed E-state index contributed by atoms with van der Waals surface area (Å²) in [6.07, 6.45) is 1.21. The average molecular weight is 337 g/mol. The van der Waals surface area contributed by atoms with Crippen molar-refractivity contribution in [1.82, 2.24) is 4.98 Å². The van der Waals surface area contributed by atoms with Gasteiger partial charge in [-0.05, 0) is 24.3 Å². The Hall–Kier alpha value is -2.71. The number of hydrogen-bond acceptors (Lipinski definition) is 5. The average Bonchev–Trinajstić information content (AvgIpc) is 3.01. The second kappa shape index (κ2) is 8.41. The summed E-state index contributed by atoms with van der Waals surface area (Å²) in [5.74, 6) is 0.472. The summed E-state index contributed by atoms with van der Waals surface area (Å²) in [6, 6.07) is 12.2. The lowest BCUT2D eigenvalue weighted by atomic mass is 9.99. The smallest absolute Gasteiger partial charge is 0.198 e. The summed E-state index contributed by atoms with van der Waals surface area (Å²) >= 11 is 0. The van der Waals surface area contributed by atoms with Crippen molar-refractivity contribution in [3.63, 3.8) is 0 Å². The quantitative estimate of drug-likeness (QED) is 0.871. The molecule has 0 spiro atoms. The van der Waals surface area contributed by atoms with Crippen molar-refractivity contribution in [3.05, 3.63) is 59.3 Å². The minimum Gasteiger partial charge on any atom is -0.391 e. The van der Waals surface area contributed by atoms with Gasteiger partial charge in [0, 0.05) is 30.8 Å². The van der Waals surface area contributed by atoms with Crippen LogP contribution in [0.1, 0.15) is 42.3 Å². The number of aliphatic hydroxyl groups is 1. The normalized spacial score (nSPS) is 18.9. The number of nitrogens with zero attached hydrogens (tertiary/aromatic N) is 3. The molecule has 0 bridgehead atoms. The van der Waals surface area contributed by atoms with Crippen LogP contribution in [0.5, 0.6) is 0 Å². The molecule has 1 aliphatic rings. The largest absolute Gasteiger partial charge is 0.391 e. The fourth-order valence-corrected chi connectivity index (χ4v) is 2.87. The Balaban J connectivity index is 0.00000109. The van der Waals surface area contributed by atoms with Crippen molar-refractivity contribution in [3.8, 4) is 6.07 Å². The van der Waals surface area contributed by atoms with Gasteiger partial charge in [-0.2, -0.15) is 5.26 Å². The molecular weight excluding hydrogens is 314 g/mol. The maximum absolute atomic E-state index is 12.9. The van der Waals surface area contributed by atoms with E-state index < -0.39 is 6.10 Å². The zero-order valence-electron chi connectivity index (χ0n) is 14.8. The minimum atomic E-state index is -0.425. The molecule has 3 rings (SSSR count). The molecule has 5 heteroatoms. The van der Waals surface area contributed by atoms with Gasteiger partial charge in [0.2, 0.25) is 0 Å². The van der Waals surface area contributed by atoms with E-state index in [1.807, 2.05) is 25.7 Å². The third-order valence-electron chi connectivity index (χ3n) is 4.20. The number of ketones is 1. The van der Waals surface area contributed by atoms with Gasteiger partial charge in [0.05, 0.1) is 23.3 Å². The van der Waals surface area contributed by atoms with Crippen LogP contribution in [0, 0.1) is 17.2 Å². The first kappa shape index (κ1) is 18.6. The first-order valence-corrected chi connectivity index (χ1v) is 8.53. The van der Waals surface area contributed by atoms with Crippen LogP contribution in [0.25, 0.3) is 0 Å². The number of rotatable bonds is 3. The van der Waals surface area contributed by atoms with Crippen LogP contribution < -0.4 is 4.90 Å². The predicted octanol–water partition coefficient (Wildman–Crippen LogP) is 3.03. The second-order valence-corrected chi connectivity index (χ2v) is 5.81. The minimum absolute atomic E-state index is 0.131. The number of nitriles is 1. The van der Waals surface area contributed by atoms with E-state index in [0.29, 0.717) is 35.6 Å². The number of aromatic nitrogens is 1. The van der Waals surface area contributed by atoms with Crippen molar-refractivity contribution in [2.45, 2.75) is 26.9 Å². The van der Waals surface area contributed by atoms with Gasteiger partial charge >= 0.3 is 0 Å². The summed E-state index contributed by atoms with van der Waals surface area (Å²) in [5, 5.41) is 19.2. The number of aliphatic hydroxyl groups excluding tert-OH is 1. The van der Waals surface area contributed by atoms with Crippen LogP contribution in [0.2, 0.25) is 0 Å². The summed E-state index contributed by atoms with van der Waals surface area (Å²) in [6.45, 7) is 7.08. The third kappa shape index (κ3) is 3.86. The lowest BCUT2D eigenvalue weighted by Crippen LogP contribution is -2.24. The van der Waals surface area contributed by atoms with E-state index in [1.165, 1.54) is 0 Å². The molecule has 0 amide bonds. The van der Waals surface area contributed by atoms with Gasteiger partial charge in [0.25, 0.3) is 0 Å². The molecule has 1 aromatic heterocycles. The van der Waals surface area contributed by atoms with Gasteiger partial charge in [-0.1, -0.05) is 32.9 Å². The van der Waals surface area contributed by atoms with Crippen LogP contribution in [0.15, 0.2) is 42.6 Å². The van der Waals surface area contributed by atoms with Crippen molar-refractivity contribution in [2.75, 3.05) is 18.0 Å². The van der Waals surface area contributed by atoms with E-state index >= 15 is 0 Å². The monoisotopic (exact) mass is 337 g/mol. The van der Waals surface area contributed by atoms with Crippen LogP contribution >= 0.6 is 0 Å². The summed E-state index contributed by atoms with van der Waals surface area (Å²) in [4.78, 5) is 19.2. The van der Waals surface area contributed by atoms with Crippen molar-refractivity contribution < 1.29 is 9.90 Å². The maximum Gasteiger partial charge on any atom is 0.198 e. The molecular formula is C20H23N3O2. The Kier molecular flexibility index (Phi) is 6.26. The Morgan fingerprint density at radius 2 is 1.88 bits per heavy atom. The number of pyridine rings is 1. The Morgan fingerprint density at radius 1 is 1.20 bits per heavy atom. The molecule has 25 heavy (non-hydrogen) atoms. The van der Waals surface area contributed by atoms with Crippen LogP contribution in [-0.2, 0) is 0 Å². The van der Waals surface area contributed by atoms with Gasteiger partial charge in [-0.3, -0.25) is 4.79 Å². The van der Waals surface area contributed by atoms with E-state index in [9.17, 15) is 15.2 Å². The fraction of sp³-hybridized carbons (Fsp3) is 0.350. The van der Waals surface area contributed by atoms with E-state index in [0.717, 1.165) is 0 Å². The molecule has 0 aliphatic carbocycles. The van der Waals surface area contributed by atoms with E-state index in [-0.39, 0.29) is 11.7 Å². The number of β-amino-alcohol motifs (C(OH)–C–C–N with tert-alkyl or cyclic N) is 1. The van der Waals surface area contributed by atoms with Gasteiger partial charge in [0.1, 0.15) is 5.82 Å². The standard InChI is InChI=1S/C18H17N3O2.C2H6/c1-12-10-21(11-16(12)22)18-15(7-4-8-20-18)17(23)14-6-3-2-5-13(14)9-19;1-2/h2-8,12,16,22H,10-11H2,1H3;1-2H3/t12-,16+;/m0./s1. The van der Waals surface area contributed by atoms with Crippen LogP contribution in [0.3, 0.4) is 0 Å². The van der Waals surface area contributed by atoms with Gasteiger partial charge in [-0.15, -0.1) is 0 Å². The zero-order chi connectivity index (χ0) is 18.4. The van der Waals surface area contributed by atoms with Crippen molar-refractivity contribution >= 4 is 11.6 Å². The Bertz CT molecular complexity index is 773. The van der Waals surface area contributed by atoms with E-state index in [1.54, 1.807) is 42.6 Å². The molecule has 0 saturated carbocycles. The molecule has 1 N–H and O–H groups in total. The van der Waals surface area contributed by atoms with Gasteiger partial charge in [-0.25, -0.2) is 4.98 Å². The summed E-state index contributed by atoms with van der Waals surface area (Å²) in [7, 11) is 0. The predicted molar refractivity (Wildman–Crippen MR) is 97.6 cm³/mol. The summed E-state index contributed by atoms with van der Waals surface area (Å²) < 4.78 is 0. The summed E-state index contributed by atoms with van der Waals surface area (Å²) in [5.41, 5.74) is 1.18. The molecule has 1 saturated heterocycles. The molecule has 5 nitrogen and oxygen atoms in total.